The number of halogens is 1. The van der Waals surface area contributed by atoms with Crippen molar-refractivity contribution >= 4 is 22.5 Å². The first kappa shape index (κ1) is 17.4. The lowest BCUT2D eigenvalue weighted by atomic mass is 9.88. The van der Waals surface area contributed by atoms with Gasteiger partial charge in [0.2, 0.25) is 11.2 Å². The molecular weight excluding hydrogens is 366 g/mol. The molecule has 1 unspecified atom stereocenters. The lowest BCUT2D eigenvalue weighted by Crippen LogP contribution is -2.10. The highest BCUT2D eigenvalue weighted by molar-refractivity contribution is 6.30. The van der Waals surface area contributed by atoms with Crippen LogP contribution in [0.3, 0.4) is 0 Å². The van der Waals surface area contributed by atoms with Gasteiger partial charge in [0.25, 0.3) is 0 Å². The fourth-order valence-electron chi connectivity index (χ4n) is 3.32. The predicted octanol–water partition coefficient (Wildman–Crippen LogP) is 4.15. The Labute approximate surface area is 159 Å². The predicted molar refractivity (Wildman–Crippen MR) is 103 cm³/mol. The highest BCUT2D eigenvalue weighted by Crippen LogP contribution is 2.39. The number of hydrogen-bond donors (Lipinski definition) is 3. The van der Waals surface area contributed by atoms with Crippen LogP contribution in [0, 0.1) is 0 Å². The minimum Gasteiger partial charge on any atom is -0.502 e. The van der Waals surface area contributed by atoms with E-state index >= 15 is 0 Å². The van der Waals surface area contributed by atoms with Crippen LogP contribution in [0.5, 0.6) is 5.75 Å². The van der Waals surface area contributed by atoms with Gasteiger partial charge >= 0.3 is 0 Å². The van der Waals surface area contributed by atoms with E-state index in [1.165, 1.54) is 0 Å². The van der Waals surface area contributed by atoms with E-state index < -0.39 is 23.7 Å². The zero-order valence-electron chi connectivity index (χ0n) is 14.1. The molecule has 0 bridgehead atoms. The first-order valence-corrected chi connectivity index (χ1v) is 8.74. The highest BCUT2D eigenvalue weighted by Gasteiger charge is 2.27. The third-order valence-corrected chi connectivity index (χ3v) is 4.77. The summed E-state index contributed by atoms with van der Waals surface area (Å²) in [5.74, 6) is -0.917. The lowest BCUT2D eigenvalue weighted by Gasteiger charge is -2.18. The molecule has 0 saturated heterocycles. The summed E-state index contributed by atoms with van der Waals surface area (Å²) in [4.78, 5) is 15.4. The van der Waals surface area contributed by atoms with Crippen molar-refractivity contribution in [3.63, 3.8) is 0 Å². The second kappa shape index (κ2) is 6.95. The molecule has 0 aliphatic carbocycles. The minimum atomic E-state index is -0.604. The Balaban J connectivity index is 2.04. The standard InChI is InChI=1S/C21H16ClNO4/c22-13-5-3-4-12(8-13)19(16-10-23-17-7-2-1-6-15(16)17)21-20(26)18(25)9-14(11-24)27-21/h1-10,19,23-24,26H,11H2. The smallest absolute Gasteiger partial charge is 0.227 e. The third kappa shape index (κ3) is 3.12. The van der Waals surface area contributed by atoms with Gasteiger partial charge in [0.15, 0.2) is 5.76 Å². The average molecular weight is 382 g/mol. The molecule has 1 atom stereocenters. The van der Waals surface area contributed by atoms with Gasteiger partial charge in [0.1, 0.15) is 12.4 Å². The number of aromatic hydroxyl groups is 1. The number of hydrogen-bond acceptors (Lipinski definition) is 4. The highest BCUT2D eigenvalue weighted by atomic mass is 35.5. The van der Waals surface area contributed by atoms with Gasteiger partial charge in [-0.3, -0.25) is 4.79 Å². The quantitative estimate of drug-likeness (QED) is 0.495. The molecule has 0 radical (unpaired) electrons. The van der Waals surface area contributed by atoms with Crippen molar-refractivity contribution in [2.75, 3.05) is 0 Å². The first-order valence-electron chi connectivity index (χ1n) is 8.36. The number of aromatic nitrogens is 1. The second-order valence-corrected chi connectivity index (χ2v) is 6.66. The van der Waals surface area contributed by atoms with Crippen LogP contribution in [0.4, 0.5) is 0 Å². The average Bonchev–Trinajstić information content (AvgIpc) is 3.09. The molecule has 27 heavy (non-hydrogen) atoms. The summed E-state index contributed by atoms with van der Waals surface area (Å²) < 4.78 is 5.71. The number of aromatic amines is 1. The van der Waals surface area contributed by atoms with E-state index in [0.29, 0.717) is 5.02 Å². The van der Waals surface area contributed by atoms with Gasteiger partial charge in [-0.2, -0.15) is 0 Å². The number of para-hydroxylation sites is 1. The van der Waals surface area contributed by atoms with Gasteiger partial charge in [-0.15, -0.1) is 0 Å². The molecule has 3 N–H and O–H groups in total. The Morgan fingerprint density at radius 1 is 1.11 bits per heavy atom. The number of rotatable bonds is 4. The summed E-state index contributed by atoms with van der Waals surface area (Å²) >= 11 is 6.18. The Bertz CT molecular complexity index is 1180. The molecule has 0 aliphatic rings. The summed E-state index contributed by atoms with van der Waals surface area (Å²) in [6.45, 7) is -0.446. The number of H-pyrrole nitrogens is 1. The topological polar surface area (TPSA) is 86.5 Å². The molecule has 2 aromatic heterocycles. The van der Waals surface area contributed by atoms with Crippen LogP contribution in [0.25, 0.3) is 10.9 Å². The number of nitrogens with one attached hydrogen (secondary N) is 1. The number of aliphatic hydroxyl groups is 1. The van der Waals surface area contributed by atoms with Gasteiger partial charge < -0.3 is 19.6 Å². The van der Waals surface area contributed by atoms with E-state index in [0.717, 1.165) is 28.1 Å². The number of benzene rings is 2. The Morgan fingerprint density at radius 3 is 2.70 bits per heavy atom. The van der Waals surface area contributed by atoms with Gasteiger partial charge in [0.05, 0.1) is 5.92 Å². The molecular formula is C21H16ClNO4. The SMILES string of the molecule is O=c1cc(CO)oc(C(c2cccc(Cl)c2)c2c[nH]c3ccccc23)c1O. The molecule has 0 saturated carbocycles. The minimum absolute atomic E-state index is 0.0681. The van der Waals surface area contributed by atoms with Crippen LogP contribution in [-0.4, -0.2) is 15.2 Å². The van der Waals surface area contributed by atoms with Crippen LogP contribution in [0.2, 0.25) is 5.02 Å². The van der Waals surface area contributed by atoms with Crippen molar-refractivity contribution in [1.29, 1.82) is 0 Å². The molecule has 0 fully saturated rings. The van der Waals surface area contributed by atoms with Crippen LogP contribution in [0.1, 0.15) is 28.6 Å². The van der Waals surface area contributed by atoms with Gasteiger partial charge in [-0.1, -0.05) is 41.9 Å². The maximum Gasteiger partial charge on any atom is 0.227 e. The maximum absolute atomic E-state index is 12.2. The normalized spacial score (nSPS) is 12.4. The van der Waals surface area contributed by atoms with Gasteiger partial charge in [-0.25, -0.2) is 0 Å². The van der Waals surface area contributed by atoms with E-state index in [9.17, 15) is 15.0 Å². The molecule has 6 heteroatoms. The summed E-state index contributed by atoms with van der Waals surface area (Å²) in [5.41, 5.74) is 1.88. The second-order valence-electron chi connectivity index (χ2n) is 6.23. The Hall–Kier alpha value is -3.02. The summed E-state index contributed by atoms with van der Waals surface area (Å²) in [5, 5.41) is 21.3. The monoisotopic (exact) mass is 381 g/mol. The fourth-order valence-corrected chi connectivity index (χ4v) is 3.52. The third-order valence-electron chi connectivity index (χ3n) is 4.53. The van der Waals surface area contributed by atoms with E-state index in [4.69, 9.17) is 16.0 Å². The molecule has 0 spiro atoms. The largest absolute Gasteiger partial charge is 0.502 e. The molecule has 4 rings (SSSR count). The lowest BCUT2D eigenvalue weighted by molar-refractivity contribution is 0.235. The fraction of sp³-hybridized carbons (Fsp3) is 0.0952. The van der Waals surface area contributed by atoms with Crippen molar-refractivity contribution < 1.29 is 14.6 Å². The van der Waals surface area contributed by atoms with E-state index in [2.05, 4.69) is 4.98 Å². The number of aliphatic hydroxyl groups excluding tert-OH is 1. The molecule has 5 nitrogen and oxygen atoms in total. The van der Waals surface area contributed by atoms with Crippen LogP contribution >= 0.6 is 11.6 Å². The van der Waals surface area contributed by atoms with Crippen molar-refractivity contribution in [3.05, 3.63) is 98.7 Å². The Kier molecular flexibility index (Phi) is 4.48. The van der Waals surface area contributed by atoms with Gasteiger partial charge in [0, 0.05) is 28.2 Å². The Morgan fingerprint density at radius 2 is 1.93 bits per heavy atom. The van der Waals surface area contributed by atoms with Crippen LogP contribution in [0.15, 0.2) is 70.0 Å². The van der Waals surface area contributed by atoms with Crippen LogP contribution in [-0.2, 0) is 6.61 Å². The molecule has 2 heterocycles. The van der Waals surface area contributed by atoms with Crippen LogP contribution < -0.4 is 5.43 Å². The summed E-state index contributed by atoms with van der Waals surface area (Å²) in [6, 6.07) is 16.0. The van der Waals surface area contributed by atoms with E-state index in [1.54, 1.807) is 18.2 Å². The number of fused-ring (bicyclic) bond motifs is 1. The van der Waals surface area contributed by atoms with Crippen molar-refractivity contribution in [3.8, 4) is 5.75 Å². The molecule has 0 aliphatic heterocycles. The maximum atomic E-state index is 12.2. The zero-order chi connectivity index (χ0) is 19.0. The molecule has 4 aromatic rings. The van der Waals surface area contributed by atoms with Gasteiger partial charge in [-0.05, 0) is 29.3 Å². The zero-order valence-corrected chi connectivity index (χ0v) is 14.9. The van der Waals surface area contributed by atoms with Crippen molar-refractivity contribution in [1.82, 2.24) is 4.98 Å². The first-order chi connectivity index (χ1) is 13.1. The van der Waals surface area contributed by atoms with E-state index in [-0.39, 0.29) is 11.5 Å². The summed E-state index contributed by atoms with van der Waals surface area (Å²) in [6.07, 6.45) is 1.82. The van der Waals surface area contributed by atoms with Crippen molar-refractivity contribution in [2.45, 2.75) is 12.5 Å². The molecule has 0 amide bonds. The van der Waals surface area contributed by atoms with E-state index in [1.807, 2.05) is 36.5 Å². The summed E-state index contributed by atoms with van der Waals surface area (Å²) in [7, 11) is 0. The molecule has 2 aromatic carbocycles. The molecule has 136 valence electrons. The van der Waals surface area contributed by atoms with Crippen molar-refractivity contribution in [2.24, 2.45) is 0 Å².